The molecular formula is C19H14N6O4. The van der Waals surface area contributed by atoms with Gasteiger partial charge in [0.1, 0.15) is 5.82 Å². The Morgan fingerprint density at radius 1 is 1.14 bits per heavy atom. The maximum absolute atomic E-state index is 12.5. The first-order chi connectivity index (χ1) is 14.0. The normalized spacial score (nSPS) is 10.8. The number of aromatic nitrogens is 4. The molecule has 0 saturated heterocycles. The molecular weight excluding hydrogens is 376 g/mol. The van der Waals surface area contributed by atoms with E-state index in [0.717, 1.165) is 11.6 Å². The van der Waals surface area contributed by atoms with E-state index < -0.39 is 16.4 Å². The first kappa shape index (κ1) is 18.0. The number of benzene rings is 2. The SMILES string of the molecule is O=C(Nc1cc(=O)[nH]c2nc(Cc3ccccc3)nn12)c1cccc([N+](=O)[O-])c1. The van der Waals surface area contributed by atoms with Crippen LogP contribution in [0, 0.1) is 10.1 Å². The first-order valence-corrected chi connectivity index (χ1v) is 8.58. The molecule has 0 fully saturated rings. The van der Waals surface area contributed by atoms with Crippen LogP contribution < -0.4 is 10.9 Å². The van der Waals surface area contributed by atoms with Crippen molar-refractivity contribution in [3.05, 3.63) is 98.1 Å². The molecule has 0 saturated carbocycles. The zero-order valence-corrected chi connectivity index (χ0v) is 14.9. The largest absolute Gasteiger partial charge is 0.306 e. The highest BCUT2D eigenvalue weighted by Crippen LogP contribution is 2.15. The fourth-order valence-electron chi connectivity index (χ4n) is 2.83. The van der Waals surface area contributed by atoms with E-state index in [0.29, 0.717) is 12.2 Å². The van der Waals surface area contributed by atoms with Gasteiger partial charge in [-0.3, -0.25) is 24.7 Å². The van der Waals surface area contributed by atoms with Crippen LogP contribution in [-0.4, -0.2) is 30.4 Å². The molecule has 0 unspecified atom stereocenters. The summed E-state index contributed by atoms with van der Waals surface area (Å²) < 4.78 is 1.31. The molecule has 0 aliphatic rings. The number of nitrogens with one attached hydrogen (secondary N) is 2. The summed E-state index contributed by atoms with van der Waals surface area (Å²) in [5, 5.41) is 17.8. The lowest BCUT2D eigenvalue weighted by Gasteiger charge is -2.06. The molecule has 4 rings (SSSR count). The highest BCUT2D eigenvalue weighted by atomic mass is 16.6. The third-order valence-corrected chi connectivity index (χ3v) is 4.15. The monoisotopic (exact) mass is 390 g/mol. The summed E-state index contributed by atoms with van der Waals surface area (Å²) in [6.07, 6.45) is 0.447. The minimum absolute atomic E-state index is 0.0808. The average Bonchev–Trinajstić information content (AvgIpc) is 3.11. The third-order valence-electron chi connectivity index (χ3n) is 4.15. The Bertz CT molecular complexity index is 1280. The summed E-state index contributed by atoms with van der Waals surface area (Å²) in [5.41, 5.74) is 0.398. The number of nitro groups is 1. The third kappa shape index (κ3) is 3.86. The van der Waals surface area contributed by atoms with Crippen molar-refractivity contribution in [1.29, 1.82) is 0 Å². The molecule has 2 aromatic carbocycles. The number of non-ortho nitro benzene ring substituents is 1. The zero-order chi connectivity index (χ0) is 20.4. The van der Waals surface area contributed by atoms with E-state index >= 15 is 0 Å². The predicted molar refractivity (Wildman–Crippen MR) is 104 cm³/mol. The molecule has 0 spiro atoms. The molecule has 0 radical (unpaired) electrons. The van der Waals surface area contributed by atoms with Gasteiger partial charge < -0.3 is 5.32 Å². The number of nitro benzene ring substituents is 1. The quantitative estimate of drug-likeness (QED) is 0.396. The maximum atomic E-state index is 12.5. The predicted octanol–water partition coefficient (Wildman–Crippen LogP) is 2.17. The molecule has 0 aliphatic heterocycles. The van der Waals surface area contributed by atoms with Crippen LogP contribution >= 0.6 is 0 Å². The van der Waals surface area contributed by atoms with E-state index in [2.05, 4.69) is 20.4 Å². The van der Waals surface area contributed by atoms with Crippen molar-refractivity contribution >= 4 is 23.2 Å². The van der Waals surface area contributed by atoms with E-state index in [-0.39, 0.29) is 22.8 Å². The van der Waals surface area contributed by atoms with Crippen molar-refractivity contribution in [1.82, 2.24) is 19.6 Å². The smallest absolute Gasteiger partial charge is 0.270 e. The number of rotatable bonds is 5. The lowest BCUT2D eigenvalue weighted by molar-refractivity contribution is -0.384. The standard InChI is InChI=1S/C19H14N6O4/c26-17-11-16(21-18(27)13-7-4-8-14(10-13)25(28)29)24-19(22-17)20-15(23-24)9-12-5-2-1-3-6-12/h1-8,10-11H,9H2,(H,21,27)(H,20,22,23,26). The molecule has 2 N–H and O–H groups in total. The van der Waals surface area contributed by atoms with Gasteiger partial charge in [-0.2, -0.15) is 9.50 Å². The number of carbonyl (C=O) groups excluding carboxylic acids is 1. The van der Waals surface area contributed by atoms with Gasteiger partial charge in [0.05, 0.1) is 4.92 Å². The van der Waals surface area contributed by atoms with Gasteiger partial charge in [-0.1, -0.05) is 36.4 Å². The maximum Gasteiger partial charge on any atom is 0.270 e. The number of anilines is 1. The summed E-state index contributed by atoms with van der Waals surface area (Å²) >= 11 is 0. The Morgan fingerprint density at radius 2 is 1.93 bits per heavy atom. The van der Waals surface area contributed by atoms with Crippen LogP contribution in [0.4, 0.5) is 11.5 Å². The van der Waals surface area contributed by atoms with Crippen LogP contribution in [0.3, 0.4) is 0 Å². The molecule has 10 heteroatoms. The van der Waals surface area contributed by atoms with E-state index in [1.54, 1.807) is 0 Å². The Morgan fingerprint density at radius 3 is 2.69 bits per heavy atom. The summed E-state index contributed by atoms with van der Waals surface area (Å²) in [7, 11) is 0. The van der Waals surface area contributed by atoms with E-state index in [1.165, 1.54) is 28.8 Å². The van der Waals surface area contributed by atoms with Gasteiger partial charge in [0.15, 0.2) is 5.82 Å². The molecule has 0 atom stereocenters. The minimum Gasteiger partial charge on any atom is -0.306 e. The Hall–Kier alpha value is -4.34. The zero-order valence-electron chi connectivity index (χ0n) is 14.9. The van der Waals surface area contributed by atoms with Crippen molar-refractivity contribution in [2.45, 2.75) is 6.42 Å². The van der Waals surface area contributed by atoms with Crippen molar-refractivity contribution < 1.29 is 9.72 Å². The summed E-state index contributed by atoms with van der Waals surface area (Å²) in [5.74, 6) is 0.134. The second-order valence-corrected chi connectivity index (χ2v) is 6.21. The average molecular weight is 390 g/mol. The van der Waals surface area contributed by atoms with Gasteiger partial charge in [0.25, 0.3) is 17.2 Å². The summed E-state index contributed by atoms with van der Waals surface area (Å²) in [6, 6.07) is 16.0. The molecule has 2 heterocycles. The van der Waals surface area contributed by atoms with Crippen LogP contribution in [0.2, 0.25) is 0 Å². The highest BCUT2D eigenvalue weighted by molar-refractivity contribution is 6.04. The van der Waals surface area contributed by atoms with Gasteiger partial charge in [-0.05, 0) is 11.6 Å². The topological polar surface area (TPSA) is 135 Å². The van der Waals surface area contributed by atoms with E-state index in [4.69, 9.17) is 0 Å². The summed E-state index contributed by atoms with van der Waals surface area (Å²) in [6.45, 7) is 0. The van der Waals surface area contributed by atoms with Crippen LogP contribution in [0.1, 0.15) is 21.7 Å². The van der Waals surface area contributed by atoms with Crippen LogP contribution in [-0.2, 0) is 6.42 Å². The number of amides is 1. The summed E-state index contributed by atoms with van der Waals surface area (Å²) in [4.78, 5) is 41.7. The number of carbonyl (C=O) groups is 1. The Balaban J connectivity index is 1.66. The van der Waals surface area contributed by atoms with Crippen molar-refractivity contribution in [2.75, 3.05) is 5.32 Å². The highest BCUT2D eigenvalue weighted by Gasteiger charge is 2.15. The lowest BCUT2D eigenvalue weighted by atomic mass is 10.1. The van der Waals surface area contributed by atoms with Gasteiger partial charge in [-0.15, -0.1) is 5.10 Å². The fraction of sp³-hybridized carbons (Fsp3) is 0.0526. The number of H-pyrrole nitrogens is 1. The minimum atomic E-state index is -0.610. The van der Waals surface area contributed by atoms with Crippen LogP contribution in [0.25, 0.3) is 5.78 Å². The van der Waals surface area contributed by atoms with Crippen molar-refractivity contribution in [3.8, 4) is 0 Å². The second-order valence-electron chi connectivity index (χ2n) is 6.21. The molecule has 144 valence electrons. The van der Waals surface area contributed by atoms with Gasteiger partial charge in [0, 0.05) is 30.2 Å². The van der Waals surface area contributed by atoms with Crippen LogP contribution in [0.5, 0.6) is 0 Å². The number of nitrogens with zero attached hydrogens (tertiary/aromatic N) is 4. The first-order valence-electron chi connectivity index (χ1n) is 8.58. The Kier molecular flexibility index (Phi) is 4.57. The molecule has 0 aliphatic carbocycles. The Labute approximate surface area is 163 Å². The van der Waals surface area contributed by atoms with Gasteiger partial charge >= 0.3 is 0 Å². The van der Waals surface area contributed by atoms with Gasteiger partial charge in [-0.25, -0.2) is 0 Å². The molecule has 1 amide bonds. The second kappa shape index (κ2) is 7.35. The molecule has 10 nitrogen and oxygen atoms in total. The van der Waals surface area contributed by atoms with Crippen LogP contribution in [0.15, 0.2) is 65.5 Å². The van der Waals surface area contributed by atoms with Crippen molar-refractivity contribution in [3.63, 3.8) is 0 Å². The number of aromatic amines is 1. The molecule has 0 bridgehead atoms. The van der Waals surface area contributed by atoms with E-state index in [1.807, 2.05) is 30.3 Å². The molecule has 4 aromatic rings. The molecule has 2 aromatic heterocycles. The van der Waals surface area contributed by atoms with Crippen molar-refractivity contribution in [2.24, 2.45) is 0 Å². The van der Waals surface area contributed by atoms with Gasteiger partial charge in [0.2, 0.25) is 5.78 Å². The number of hydrogen-bond donors (Lipinski definition) is 2. The molecule has 29 heavy (non-hydrogen) atoms. The fourth-order valence-corrected chi connectivity index (χ4v) is 2.83. The number of hydrogen-bond acceptors (Lipinski definition) is 6. The number of fused-ring (bicyclic) bond motifs is 1. The lowest BCUT2D eigenvalue weighted by Crippen LogP contribution is -2.18. The van der Waals surface area contributed by atoms with E-state index in [9.17, 15) is 19.7 Å².